The average molecular weight is 281 g/mol. The third-order valence-corrected chi connectivity index (χ3v) is 3.41. The normalized spacial score (nSPS) is 11.7. The van der Waals surface area contributed by atoms with E-state index in [1.807, 2.05) is 37.3 Å². The van der Waals surface area contributed by atoms with Crippen LogP contribution in [-0.4, -0.2) is 11.7 Å². The fraction of sp³-hybridized carbons (Fsp3) is 0.222. The molecule has 0 saturated heterocycles. The molecule has 0 aromatic heterocycles. The fourth-order valence-corrected chi connectivity index (χ4v) is 2.21. The van der Waals surface area contributed by atoms with Gasteiger partial charge in [-0.25, -0.2) is 0 Å². The zero-order valence-corrected chi connectivity index (χ0v) is 12.3. The number of ketones is 1. The summed E-state index contributed by atoms with van der Waals surface area (Å²) in [6.07, 6.45) is 0.411. The molecule has 0 radical (unpaired) electrons. The van der Waals surface area contributed by atoms with Crippen LogP contribution in [-0.2, 0) is 4.79 Å². The Morgan fingerprint density at radius 1 is 1.05 bits per heavy atom. The summed E-state index contributed by atoms with van der Waals surface area (Å²) in [5, 5.41) is 2.85. The lowest BCUT2D eigenvalue weighted by Gasteiger charge is -2.12. The number of Topliss-reactive ketones (excluding diaryl/α,β-unsaturated/α-hetero) is 1. The molecule has 1 atom stereocenters. The van der Waals surface area contributed by atoms with Crippen LogP contribution in [0, 0.1) is 0 Å². The lowest BCUT2D eigenvalue weighted by Crippen LogP contribution is -2.14. The largest absolute Gasteiger partial charge is 0.326 e. The van der Waals surface area contributed by atoms with Gasteiger partial charge in [-0.15, -0.1) is 0 Å². The summed E-state index contributed by atoms with van der Waals surface area (Å²) in [5.74, 6) is 0.0954. The Balaban J connectivity index is 1.99. The second-order valence-corrected chi connectivity index (χ2v) is 5.20. The van der Waals surface area contributed by atoms with Crippen molar-refractivity contribution in [3.63, 3.8) is 0 Å². The second-order valence-electron chi connectivity index (χ2n) is 5.20. The van der Waals surface area contributed by atoms with E-state index in [0.29, 0.717) is 17.7 Å². The van der Waals surface area contributed by atoms with Gasteiger partial charge in [0.05, 0.1) is 0 Å². The lowest BCUT2D eigenvalue weighted by atomic mass is 9.97. The minimum atomic E-state index is -0.0490. The second kappa shape index (κ2) is 6.84. The van der Waals surface area contributed by atoms with Gasteiger partial charge in [-0.3, -0.25) is 9.59 Å². The third-order valence-electron chi connectivity index (χ3n) is 3.41. The van der Waals surface area contributed by atoms with Crippen LogP contribution in [0.5, 0.6) is 0 Å². The van der Waals surface area contributed by atoms with E-state index in [0.717, 1.165) is 5.56 Å². The van der Waals surface area contributed by atoms with Crippen LogP contribution in [0.4, 0.5) is 5.69 Å². The molecule has 0 saturated carbocycles. The summed E-state index contributed by atoms with van der Waals surface area (Å²) in [5.41, 5.74) is 2.40. The maximum absolute atomic E-state index is 12.1. The number of nitrogens with one attached hydrogen (secondary N) is 1. The van der Waals surface area contributed by atoms with Gasteiger partial charge in [0.25, 0.3) is 0 Å². The molecule has 0 unspecified atom stereocenters. The van der Waals surface area contributed by atoms with Gasteiger partial charge in [0.1, 0.15) is 0 Å². The van der Waals surface area contributed by atoms with E-state index in [1.165, 1.54) is 6.92 Å². The molecule has 3 heteroatoms. The van der Waals surface area contributed by atoms with Gasteiger partial charge < -0.3 is 5.32 Å². The van der Waals surface area contributed by atoms with E-state index in [1.54, 1.807) is 24.3 Å². The third kappa shape index (κ3) is 4.28. The molecule has 0 heterocycles. The van der Waals surface area contributed by atoms with Crippen molar-refractivity contribution in [3.8, 4) is 0 Å². The van der Waals surface area contributed by atoms with E-state index >= 15 is 0 Å². The summed E-state index contributed by atoms with van der Waals surface area (Å²) in [6, 6.07) is 17.0. The first kappa shape index (κ1) is 15.0. The maximum atomic E-state index is 12.1. The van der Waals surface area contributed by atoms with Crippen LogP contribution in [0.15, 0.2) is 54.6 Å². The van der Waals surface area contributed by atoms with Gasteiger partial charge in [-0.2, -0.15) is 0 Å². The van der Waals surface area contributed by atoms with Crippen molar-refractivity contribution in [2.75, 3.05) is 5.32 Å². The fourth-order valence-electron chi connectivity index (χ4n) is 2.21. The summed E-state index contributed by atoms with van der Waals surface area (Å²) >= 11 is 0. The van der Waals surface area contributed by atoms with Gasteiger partial charge >= 0.3 is 0 Å². The van der Waals surface area contributed by atoms with Gasteiger partial charge in [0, 0.05) is 17.7 Å². The number of anilines is 1. The average Bonchev–Trinajstić information content (AvgIpc) is 2.48. The maximum Gasteiger partial charge on any atom is 0.224 e. The van der Waals surface area contributed by atoms with Crippen LogP contribution < -0.4 is 5.32 Å². The molecule has 0 aliphatic rings. The first-order chi connectivity index (χ1) is 10.1. The highest BCUT2D eigenvalue weighted by atomic mass is 16.1. The van der Waals surface area contributed by atoms with E-state index in [-0.39, 0.29) is 17.6 Å². The van der Waals surface area contributed by atoms with Crippen molar-refractivity contribution < 1.29 is 9.59 Å². The van der Waals surface area contributed by atoms with Crippen molar-refractivity contribution in [2.24, 2.45) is 0 Å². The molecule has 3 nitrogen and oxygen atoms in total. The van der Waals surface area contributed by atoms with Crippen molar-refractivity contribution in [3.05, 3.63) is 65.7 Å². The molecule has 2 rings (SSSR count). The topological polar surface area (TPSA) is 46.2 Å². The number of benzene rings is 2. The number of hydrogen-bond donors (Lipinski definition) is 1. The zero-order chi connectivity index (χ0) is 15.2. The highest BCUT2D eigenvalue weighted by molar-refractivity contribution is 5.97. The standard InChI is InChI=1S/C18H19NO2/c1-13(15-7-4-3-5-8-15)11-18(21)19-17-10-6-9-16(12-17)14(2)20/h3-10,12-13H,11H2,1-2H3,(H,19,21)/t13-/m1/s1. The Bertz CT molecular complexity index is 635. The van der Waals surface area contributed by atoms with Crippen LogP contribution in [0.1, 0.15) is 42.1 Å². The van der Waals surface area contributed by atoms with Gasteiger partial charge in [0.15, 0.2) is 5.78 Å². The smallest absolute Gasteiger partial charge is 0.224 e. The lowest BCUT2D eigenvalue weighted by molar-refractivity contribution is -0.116. The molecular formula is C18H19NO2. The van der Waals surface area contributed by atoms with E-state index in [4.69, 9.17) is 0 Å². The van der Waals surface area contributed by atoms with Crippen molar-refractivity contribution in [2.45, 2.75) is 26.2 Å². The van der Waals surface area contributed by atoms with Crippen LogP contribution in [0.2, 0.25) is 0 Å². The molecule has 0 bridgehead atoms. The van der Waals surface area contributed by atoms with E-state index in [2.05, 4.69) is 5.32 Å². The Kier molecular flexibility index (Phi) is 4.88. The molecule has 0 aliphatic heterocycles. The number of carbonyl (C=O) groups is 2. The highest BCUT2D eigenvalue weighted by Gasteiger charge is 2.11. The minimum Gasteiger partial charge on any atom is -0.326 e. The molecule has 1 amide bonds. The van der Waals surface area contributed by atoms with Crippen molar-refractivity contribution >= 4 is 17.4 Å². The zero-order valence-electron chi connectivity index (χ0n) is 12.3. The van der Waals surface area contributed by atoms with Crippen LogP contribution in [0.3, 0.4) is 0 Å². The molecular weight excluding hydrogens is 262 g/mol. The summed E-state index contributed by atoms with van der Waals surface area (Å²) in [6.45, 7) is 3.54. The SMILES string of the molecule is CC(=O)c1cccc(NC(=O)C[C@@H](C)c2ccccc2)c1. The molecule has 0 aliphatic carbocycles. The molecule has 0 spiro atoms. The number of hydrogen-bond acceptors (Lipinski definition) is 2. The minimum absolute atomic E-state index is 0.0104. The predicted molar refractivity (Wildman–Crippen MR) is 84.6 cm³/mol. The molecule has 1 N–H and O–H groups in total. The Labute approximate surface area is 125 Å². The van der Waals surface area contributed by atoms with Crippen molar-refractivity contribution in [1.82, 2.24) is 0 Å². The summed E-state index contributed by atoms with van der Waals surface area (Å²) in [4.78, 5) is 23.4. The van der Waals surface area contributed by atoms with Crippen molar-refractivity contribution in [1.29, 1.82) is 0 Å². The van der Waals surface area contributed by atoms with Gasteiger partial charge in [0.2, 0.25) is 5.91 Å². The van der Waals surface area contributed by atoms with E-state index in [9.17, 15) is 9.59 Å². The Morgan fingerprint density at radius 3 is 2.43 bits per heavy atom. The Hall–Kier alpha value is -2.42. The summed E-state index contributed by atoms with van der Waals surface area (Å²) < 4.78 is 0. The first-order valence-electron chi connectivity index (χ1n) is 7.02. The van der Waals surface area contributed by atoms with Crippen LogP contribution >= 0.6 is 0 Å². The number of amides is 1. The molecule has 2 aromatic carbocycles. The predicted octanol–water partition coefficient (Wildman–Crippen LogP) is 4.02. The monoisotopic (exact) mass is 281 g/mol. The van der Waals surface area contributed by atoms with Crippen LogP contribution in [0.25, 0.3) is 0 Å². The number of carbonyl (C=O) groups excluding carboxylic acids is 2. The molecule has 21 heavy (non-hydrogen) atoms. The van der Waals surface area contributed by atoms with Gasteiger partial charge in [-0.05, 0) is 30.5 Å². The highest BCUT2D eigenvalue weighted by Crippen LogP contribution is 2.19. The quantitative estimate of drug-likeness (QED) is 0.841. The Morgan fingerprint density at radius 2 is 1.76 bits per heavy atom. The van der Waals surface area contributed by atoms with Gasteiger partial charge in [-0.1, -0.05) is 49.4 Å². The molecule has 108 valence electrons. The van der Waals surface area contributed by atoms with E-state index < -0.39 is 0 Å². The number of rotatable bonds is 5. The summed E-state index contributed by atoms with van der Waals surface area (Å²) in [7, 11) is 0. The first-order valence-corrected chi connectivity index (χ1v) is 7.02. The molecule has 2 aromatic rings. The molecule has 0 fully saturated rings.